The van der Waals surface area contributed by atoms with Gasteiger partial charge in [0.1, 0.15) is 11.9 Å². The molecule has 1 saturated carbocycles. The third-order valence-electron chi connectivity index (χ3n) is 4.27. The number of cyclic esters (lactones) is 1. The molecule has 2 heterocycles. The summed E-state index contributed by atoms with van der Waals surface area (Å²) in [6, 6.07) is 3.85. The molecule has 1 aromatic heterocycles. The molecule has 0 aromatic carbocycles. The summed E-state index contributed by atoms with van der Waals surface area (Å²) >= 11 is 0. The van der Waals surface area contributed by atoms with Crippen LogP contribution in [0.1, 0.15) is 37.3 Å². The lowest BCUT2D eigenvalue weighted by molar-refractivity contribution is -0.120. The predicted octanol–water partition coefficient (Wildman–Crippen LogP) is 2.28. The fraction of sp³-hybridized carbons (Fsp3) is 0.562. The number of carbonyl (C=O) groups excluding carboxylic acids is 2. The smallest absolute Gasteiger partial charge is 0.414 e. The minimum Gasteiger partial charge on any atom is -0.441 e. The minimum absolute atomic E-state index is 0.235. The first-order valence-corrected chi connectivity index (χ1v) is 7.62. The first kappa shape index (κ1) is 15.0. The van der Waals surface area contributed by atoms with Crippen LogP contribution in [0.4, 0.5) is 10.5 Å². The number of anilines is 1. The molecule has 6 nitrogen and oxygen atoms in total. The van der Waals surface area contributed by atoms with E-state index < -0.39 is 0 Å². The predicted molar refractivity (Wildman–Crippen MR) is 79.9 cm³/mol. The Morgan fingerprint density at radius 3 is 2.73 bits per heavy atom. The van der Waals surface area contributed by atoms with Gasteiger partial charge in [0.05, 0.1) is 25.0 Å². The molecule has 2 fully saturated rings. The van der Waals surface area contributed by atoms with Gasteiger partial charge in [0, 0.05) is 31.6 Å². The second kappa shape index (κ2) is 6.44. The van der Waals surface area contributed by atoms with E-state index in [0.29, 0.717) is 37.7 Å². The van der Waals surface area contributed by atoms with E-state index in [1.165, 1.54) is 0 Å². The number of rotatable bonds is 4. The number of amides is 1. The number of methoxy groups -OCH3 is 1. The van der Waals surface area contributed by atoms with Crippen LogP contribution < -0.4 is 4.90 Å². The van der Waals surface area contributed by atoms with E-state index in [0.717, 1.165) is 24.2 Å². The Morgan fingerprint density at radius 1 is 1.32 bits per heavy atom. The fourth-order valence-electron chi connectivity index (χ4n) is 3.04. The van der Waals surface area contributed by atoms with Crippen LogP contribution in [0.3, 0.4) is 0 Å². The van der Waals surface area contributed by atoms with E-state index in [4.69, 9.17) is 9.47 Å². The van der Waals surface area contributed by atoms with Crippen LogP contribution in [0, 0.1) is 0 Å². The van der Waals surface area contributed by atoms with E-state index in [2.05, 4.69) is 4.98 Å². The van der Waals surface area contributed by atoms with Crippen molar-refractivity contribution in [1.82, 2.24) is 4.98 Å². The van der Waals surface area contributed by atoms with Gasteiger partial charge in [-0.25, -0.2) is 4.79 Å². The summed E-state index contributed by atoms with van der Waals surface area (Å²) in [5, 5.41) is 0. The highest BCUT2D eigenvalue weighted by Gasteiger charge is 2.32. The topological polar surface area (TPSA) is 68.7 Å². The summed E-state index contributed by atoms with van der Waals surface area (Å²) in [5.74, 6) is 0.690. The van der Waals surface area contributed by atoms with Crippen molar-refractivity contribution >= 4 is 17.6 Å². The van der Waals surface area contributed by atoms with Crippen LogP contribution in [0.2, 0.25) is 0 Å². The SMILES string of the molecule is COCC1CN(c2ccc(C3CCC(=O)CC3)nc2)C(=O)O1. The summed E-state index contributed by atoms with van der Waals surface area (Å²) in [7, 11) is 1.59. The van der Waals surface area contributed by atoms with Gasteiger partial charge in [0.15, 0.2) is 0 Å². The summed E-state index contributed by atoms with van der Waals surface area (Å²) in [4.78, 5) is 29.2. The van der Waals surface area contributed by atoms with Crippen molar-refractivity contribution in [2.45, 2.75) is 37.7 Å². The van der Waals surface area contributed by atoms with E-state index in [1.807, 2.05) is 12.1 Å². The molecule has 1 unspecified atom stereocenters. The Hall–Kier alpha value is -1.95. The van der Waals surface area contributed by atoms with Crippen LogP contribution in [-0.4, -0.2) is 43.2 Å². The largest absolute Gasteiger partial charge is 0.441 e. The lowest BCUT2D eigenvalue weighted by Gasteiger charge is -2.21. The van der Waals surface area contributed by atoms with E-state index in [9.17, 15) is 9.59 Å². The third-order valence-corrected chi connectivity index (χ3v) is 4.27. The monoisotopic (exact) mass is 304 g/mol. The van der Waals surface area contributed by atoms with Gasteiger partial charge >= 0.3 is 6.09 Å². The summed E-state index contributed by atoms with van der Waals surface area (Å²) < 4.78 is 10.2. The van der Waals surface area contributed by atoms with Crippen molar-refractivity contribution in [2.75, 3.05) is 25.2 Å². The van der Waals surface area contributed by atoms with E-state index in [-0.39, 0.29) is 12.2 Å². The summed E-state index contributed by atoms with van der Waals surface area (Å²) in [5.41, 5.74) is 1.73. The Balaban J connectivity index is 1.66. The lowest BCUT2D eigenvalue weighted by Crippen LogP contribution is -2.26. The number of hydrogen-bond acceptors (Lipinski definition) is 5. The highest BCUT2D eigenvalue weighted by Crippen LogP contribution is 2.31. The van der Waals surface area contributed by atoms with Crippen molar-refractivity contribution in [2.24, 2.45) is 0 Å². The maximum Gasteiger partial charge on any atom is 0.414 e. The van der Waals surface area contributed by atoms with Gasteiger partial charge in [-0.15, -0.1) is 0 Å². The van der Waals surface area contributed by atoms with Crippen LogP contribution in [0.5, 0.6) is 0 Å². The molecular formula is C16H20N2O4. The quantitative estimate of drug-likeness (QED) is 0.853. The molecule has 1 aliphatic heterocycles. The Morgan fingerprint density at radius 2 is 2.09 bits per heavy atom. The molecule has 0 spiro atoms. The van der Waals surface area contributed by atoms with Crippen molar-refractivity contribution in [3.8, 4) is 0 Å². The number of ketones is 1. The second-order valence-electron chi connectivity index (χ2n) is 5.83. The molecule has 1 aliphatic carbocycles. The number of pyridine rings is 1. The number of ether oxygens (including phenoxy) is 2. The van der Waals surface area contributed by atoms with Crippen LogP contribution >= 0.6 is 0 Å². The minimum atomic E-state index is -0.361. The van der Waals surface area contributed by atoms with Gasteiger partial charge < -0.3 is 9.47 Å². The number of carbonyl (C=O) groups is 2. The van der Waals surface area contributed by atoms with Gasteiger partial charge in [-0.1, -0.05) is 0 Å². The van der Waals surface area contributed by atoms with Crippen LogP contribution in [0.15, 0.2) is 18.3 Å². The zero-order chi connectivity index (χ0) is 15.5. The molecule has 6 heteroatoms. The number of hydrogen-bond donors (Lipinski definition) is 0. The molecule has 3 rings (SSSR count). The molecule has 1 amide bonds. The van der Waals surface area contributed by atoms with E-state index in [1.54, 1.807) is 18.2 Å². The zero-order valence-electron chi connectivity index (χ0n) is 12.7. The van der Waals surface area contributed by atoms with Crippen LogP contribution in [-0.2, 0) is 14.3 Å². The Kier molecular flexibility index (Phi) is 4.38. The molecule has 2 aliphatic rings. The molecule has 1 atom stereocenters. The zero-order valence-corrected chi connectivity index (χ0v) is 12.7. The summed E-state index contributed by atoms with van der Waals surface area (Å²) in [6.07, 6.45) is 4.14. The highest BCUT2D eigenvalue weighted by molar-refractivity contribution is 5.89. The Bertz CT molecular complexity index is 548. The molecule has 22 heavy (non-hydrogen) atoms. The average molecular weight is 304 g/mol. The maximum atomic E-state index is 11.9. The molecule has 1 saturated heterocycles. The molecule has 118 valence electrons. The molecular weight excluding hydrogens is 284 g/mol. The van der Waals surface area contributed by atoms with Gasteiger partial charge in [0.2, 0.25) is 0 Å². The normalized spacial score (nSPS) is 23.0. The maximum absolute atomic E-state index is 11.9. The first-order valence-electron chi connectivity index (χ1n) is 7.62. The third kappa shape index (κ3) is 3.11. The molecule has 0 N–H and O–H groups in total. The van der Waals surface area contributed by atoms with Gasteiger partial charge in [-0.3, -0.25) is 14.7 Å². The summed E-state index contributed by atoms with van der Waals surface area (Å²) in [6.45, 7) is 0.871. The lowest BCUT2D eigenvalue weighted by atomic mass is 9.86. The number of Topliss-reactive ketones (excluding diaryl/α,β-unsaturated/α-hetero) is 1. The first-order chi connectivity index (χ1) is 10.7. The van der Waals surface area contributed by atoms with Crippen molar-refractivity contribution in [1.29, 1.82) is 0 Å². The van der Waals surface area contributed by atoms with Crippen LogP contribution in [0.25, 0.3) is 0 Å². The van der Waals surface area contributed by atoms with Crippen molar-refractivity contribution in [3.63, 3.8) is 0 Å². The Labute approximate surface area is 129 Å². The second-order valence-corrected chi connectivity index (χ2v) is 5.83. The average Bonchev–Trinajstić information content (AvgIpc) is 2.89. The standard InChI is InChI=1S/C16H20N2O4/c1-21-10-14-9-18(16(20)22-14)12-4-7-15(17-8-12)11-2-5-13(19)6-3-11/h4,7-8,11,14H,2-3,5-6,9-10H2,1H3. The molecule has 1 aromatic rings. The van der Waals surface area contributed by atoms with E-state index >= 15 is 0 Å². The highest BCUT2D eigenvalue weighted by atomic mass is 16.6. The number of aromatic nitrogens is 1. The molecule has 0 bridgehead atoms. The van der Waals surface area contributed by atoms with Crippen molar-refractivity contribution in [3.05, 3.63) is 24.0 Å². The number of nitrogens with zero attached hydrogens (tertiary/aromatic N) is 2. The molecule has 0 radical (unpaired) electrons. The van der Waals surface area contributed by atoms with Gasteiger partial charge in [-0.2, -0.15) is 0 Å². The fourth-order valence-corrected chi connectivity index (χ4v) is 3.04. The van der Waals surface area contributed by atoms with Gasteiger partial charge in [0.25, 0.3) is 0 Å². The van der Waals surface area contributed by atoms with Gasteiger partial charge in [-0.05, 0) is 25.0 Å². The van der Waals surface area contributed by atoms with Crippen molar-refractivity contribution < 1.29 is 19.1 Å².